The summed E-state index contributed by atoms with van der Waals surface area (Å²) in [5.74, 6) is -0.353. The Morgan fingerprint density at radius 2 is 1.94 bits per heavy atom. The lowest BCUT2D eigenvalue weighted by Gasteiger charge is -2.12. The Hall–Kier alpha value is -1.95. The number of nitro groups is 1. The molecule has 1 aliphatic rings. The van der Waals surface area contributed by atoms with Gasteiger partial charge in [0.05, 0.1) is 10.5 Å². The van der Waals surface area contributed by atoms with Crippen molar-refractivity contribution < 1.29 is 9.72 Å². The molecule has 1 aromatic rings. The molecule has 0 aliphatic heterocycles. The maximum atomic E-state index is 11.8. The molecule has 6 nitrogen and oxygen atoms in total. The normalized spacial score (nSPS) is 16.2. The highest BCUT2D eigenvalue weighted by Gasteiger charge is 2.46. The first-order valence-corrected chi connectivity index (χ1v) is 5.69. The maximum absolute atomic E-state index is 11.8. The number of nitrogens with zero attached hydrogens (tertiary/aromatic N) is 1. The van der Waals surface area contributed by atoms with Gasteiger partial charge in [-0.15, -0.1) is 0 Å². The number of hydrogen-bond donors (Lipinski definition) is 2. The Morgan fingerprint density at radius 3 is 2.44 bits per heavy atom. The zero-order valence-corrected chi connectivity index (χ0v) is 10.3. The summed E-state index contributed by atoms with van der Waals surface area (Å²) in [5.41, 5.74) is 6.72. The SMILES string of the molecule is Cc1cc(NC(=O)C2(N)CC2)c([N+](=O)[O-])cc1C. The molecule has 0 aromatic heterocycles. The maximum Gasteiger partial charge on any atom is 0.293 e. The van der Waals surface area contributed by atoms with Crippen LogP contribution in [0.1, 0.15) is 24.0 Å². The summed E-state index contributed by atoms with van der Waals surface area (Å²) in [4.78, 5) is 22.3. The second kappa shape index (κ2) is 4.06. The molecule has 2 rings (SSSR count). The minimum Gasteiger partial charge on any atom is -0.319 e. The molecule has 0 bridgehead atoms. The van der Waals surface area contributed by atoms with Gasteiger partial charge in [-0.1, -0.05) is 0 Å². The summed E-state index contributed by atoms with van der Waals surface area (Å²) >= 11 is 0. The predicted molar refractivity (Wildman–Crippen MR) is 67.4 cm³/mol. The minimum atomic E-state index is -0.841. The molecule has 0 heterocycles. The van der Waals surface area contributed by atoms with Gasteiger partial charge in [0, 0.05) is 6.07 Å². The van der Waals surface area contributed by atoms with Crippen molar-refractivity contribution in [3.63, 3.8) is 0 Å². The molecule has 0 unspecified atom stereocenters. The van der Waals surface area contributed by atoms with Crippen LogP contribution in [0.5, 0.6) is 0 Å². The van der Waals surface area contributed by atoms with Crippen LogP contribution in [0, 0.1) is 24.0 Å². The molecule has 6 heteroatoms. The van der Waals surface area contributed by atoms with Crippen molar-refractivity contribution in [1.82, 2.24) is 0 Å². The minimum absolute atomic E-state index is 0.101. The number of nitrogens with two attached hydrogens (primary N) is 1. The van der Waals surface area contributed by atoms with Crippen LogP contribution in [-0.4, -0.2) is 16.4 Å². The van der Waals surface area contributed by atoms with Crippen LogP contribution in [0.25, 0.3) is 0 Å². The average molecular weight is 249 g/mol. The number of rotatable bonds is 3. The molecule has 3 N–H and O–H groups in total. The van der Waals surface area contributed by atoms with Gasteiger partial charge in [-0.25, -0.2) is 0 Å². The summed E-state index contributed by atoms with van der Waals surface area (Å²) in [6.45, 7) is 3.63. The van der Waals surface area contributed by atoms with E-state index in [1.165, 1.54) is 6.07 Å². The molecule has 1 aromatic carbocycles. The van der Waals surface area contributed by atoms with E-state index in [0.717, 1.165) is 11.1 Å². The lowest BCUT2D eigenvalue weighted by molar-refractivity contribution is -0.384. The Morgan fingerprint density at radius 1 is 1.39 bits per heavy atom. The van der Waals surface area contributed by atoms with Crippen molar-refractivity contribution >= 4 is 17.3 Å². The Bertz CT molecular complexity index is 536. The zero-order chi connectivity index (χ0) is 13.5. The third kappa shape index (κ3) is 2.19. The van der Waals surface area contributed by atoms with Gasteiger partial charge in [-0.3, -0.25) is 14.9 Å². The van der Waals surface area contributed by atoms with Crippen LogP contribution in [0.4, 0.5) is 11.4 Å². The van der Waals surface area contributed by atoms with Gasteiger partial charge in [-0.05, 0) is 43.9 Å². The number of nitrogens with one attached hydrogen (secondary N) is 1. The summed E-state index contributed by atoms with van der Waals surface area (Å²) in [6, 6.07) is 3.07. The fourth-order valence-electron chi connectivity index (χ4n) is 1.66. The largest absolute Gasteiger partial charge is 0.319 e. The highest BCUT2D eigenvalue weighted by atomic mass is 16.6. The van der Waals surface area contributed by atoms with Crippen molar-refractivity contribution in [3.8, 4) is 0 Å². The van der Waals surface area contributed by atoms with Crippen molar-refractivity contribution in [2.24, 2.45) is 5.73 Å². The number of carbonyl (C=O) groups excluding carboxylic acids is 1. The van der Waals surface area contributed by atoms with Crippen molar-refractivity contribution in [2.75, 3.05) is 5.32 Å². The molecule has 18 heavy (non-hydrogen) atoms. The second-order valence-corrected chi connectivity index (χ2v) is 4.82. The van der Waals surface area contributed by atoms with E-state index in [1.807, 2.05) is 6.92 Å². The number of nitro benzene ring substituents is 1. The predicted octanol–water partition coefficient (Wildman–Crippen LogP) is 1.64. The van der Waals surface area contributed by atoms with E-state index in [4.69, 9.17) is 5.73 Å². The van der Waals surface area contributed by atoms with E-state index in [0.29, 0.717) is 12.8 Å². The first-order valence-electron chi connectivity index (χ1n) is 5.69. The molecule has 1 fully saturated rings. The average Bonchev–Trinajstić information content (AvgIpc) is 3.02. The lowest BCUT2D eigenvalue weighted by atomic mass is 10.1. The molecule has 0 saturated heterocycles. The van der Waals surface area contributed by atoms with Gasteiger partial charge >= 0.3 is 0 Å². The van der Waals surface area contributed by atoms with Crippen LogP contribution in [0.15, 0.2) is 12.1 Å². The molecule has 1 amide bonds. The molecular formula is C12H15N3O3. The number of carbonyl (C=O) groups is 1. The van der Waals surface area contributed by atoms with Gasteiger partial charge in [-0.2, -0.15) is 0 Å². The summed E-state index contributed by atoms with van der Waals surface area (Å²) in [7, 11) is 0. The molecule has 0 atom stereocenters. The van der Waals surface area contributed by atoms with Crippen molar-refractivity contribution in [2.45, 2.75) is 32.2 Å². The molecule has 1 saturated carbocycles. The topological polar surface area (TPSA) is 98.3 Å². The third-order valence-corrected chi connectivity index (χ3v) is 3.30. The number of anilines is 1. The monoisotopic (exact) mass is 249 g/mol. The van der Waals surface area contributed by atoms with E-state index < -0.39 is 10.5 Å². The number of aryl methyl sites for hydroxylation is 2. The van der Waals surface area contributed by atoms with Crippen LogP contribution in [0.3, 0.4) is 0 Å². The number of benzene rings is 1. The Labute approximate surface area is 104 Å². The summed E-state index contributed by atoms with van der Waals surface area (Å²) in [6.07, 6.45) is 1.24. The van der Waals surface area contributed by atoms with Gasteiger partial charge < -0.3 is 11.1 Å². The first kappa shape index (κ1) is 12.5. The fourth-order valence-corrected chi connectivity index (χ4v) is 1.66. The number of hydrogen-bond acceptors (Lipinski definition) is 4. The standard InChI is InChI=1S/C12H15N3O3/c1-7-5-9(10(15(17)18)6-8(7)2)14-11(16)12(13)3-4-12/h5-6H,3-4,13H2,1-2H3,(H,14,16). The zero-order valence-electron chi connectivity index (χ0n) is 10.3. The molecule has 0 radical (unpaired) electrons. The van der Waals surface area contributed by atoms with E-state index in [2.05, 4.69) is 5.32 Å². The van der Waals surface area contributed by atoms with Crippen LogP contribution in [0.2, 0.25) is 0 Å². The van der Waals surface area contributed by atoms with Gasteiger partial charge in [0.25, 0.3) is 5.69 Å². The molecule has 96 valence electrons. The molecular weight excluding hydrogens is 234 g/mol. The Balaban J connectivity index is 2.34. The molecule has 1 aliphatic carbocycles. The highest BCUT2D eigenvalue weighted by Crippen LogP contribution is 2.35. The van der Waals surface area contributed by atoms with Crippen LogP contribution < -0.4 is 11.1 Å². The van der Waals surface area contributed by atoms with E-state index in [1.54, 1.807) is 13.0 Å². The summed E-state index contributed by atoms with van der Waals surface area (Å²) < 4.78 is 0. The smallest absolute Gasteiger partial charge is 0.293 e. The molecule has 0 spiro atoms. The van der Waals surface area contributed by atoms with E-state index >= 15 is 0 Å². The van der Waals surface area contributed by atoms with Gasteiger partial charge in [0.15, 0.2) is 0 Å². The van der Waals surface area contributed by atoms with E-state index in [9.17, 15) is 14.9 Å². The quantitative estimate of drug-likeness (QED) is 0.628. The summed E-state index contributed by atoms with van der Waals surface area (Å²) in [5, 5.41) is 13.5. The fraction of sp³-hybridized carbons (Fsp3) is 0.417. The lowest BCUT2D eigenvalue weighted by Crippen LogP contribution is -2.38. The highest BCUT2D eigenvalue weighted by molar-refractivity contribution is 6.01. The van der Waals surface area contributed by atoms with Crippen molar-refractivity contribution in [1.29, 1.82) is 0 Å². The number of amides is 1. The van der Waals surface area contributed by atoms with Crippen LogP contribution in [-0.2, 0) is 4.79 Å². The van der Waals surface area contributed by atoms with Crippen LogP contribution >= 0.6 is 0 Å². The third-order valence-electron chi connectivity index (χ3n) is 3.30. The first-order chi connectivity index (χ1) is 8.33. The van der Waals surface area contributed by atoms with Crippen molar-refractivity contribution in [3.05, 3.63) is 33.4 Å². The van der Waals surface area contributed by atoms with E-state index in [-0.39, 0.29) is 17.3 Å². The Kier molecular flexibility index (Phi) is 2.82. The second-order valence-electron chi connectivity index (χ2n) is 4.82. The van der Waals surface area contributed by atoms with Gasteiger partial charge in [0.1, 0.15) is 5.69 Å². The van der Waals surface area contributed by atoms with Gasteiger partial charge in [0.2, 0.25) is 5.91 Å².